The number of carbonyl (C=O) groups is 4. The van der Waals surface area contributed by atoms with Gasteiger partial charge in [0.1, 0.15) is 12.2 Å². The maximum absolute atomic E-state index is 14.0. The van der Waals surface area contributed by atoms with Crippen LogP contribution in [-0.4, -0.2) is 88.2 Å². The molecule has 3 N–H and O–H groups in total. The standard InChI is InChI=1S/C52H74O12/c1-9-10-11-12-13-14-15-16-17-18-19-20-21-22-23-24-25-26-27-28-29-60-48(57)64-45-39(53)30-36(6)38-31-40-50-33-61-52(59,47(50)49(38,45)8)44(55)37(7)42(50)43(46(56)62-40)63-41(54)32-51(58,34(2)3)35(4)5/h10-11,13-14,16-17,19-20,22-23,25-26,30,34-35,37-38,40,42-45,47,55,58-59H,9,12,15,18,21,24,27-29,31-33H2,1-8H3/t37-,38+,40-,42?,43?,44-,45-,47?,49-,50+,52-/m1/s1. The molecule has 1 spiro atoms. The van der Waals surface area contributed by atoms with Crippen molar-refractivity contribution in [2.45, 2.75) is 155 Å². The first-order chi connectivity index (χ1) is 30.4. The largest absolute Gasteiger partial charge is 0.509 e. The molecule has 0 radical (unpaired) electrons. The molecule has 12 heteroatoms. The van der Waals surface area contributed by atoms with Crippen molar-refractivity contribution in [3.8, 4) is 0 Å². The van der Waals surface area contributed by atoms with Crippen molar-refractivity contribution < 1.29 is 58.2 Å². The maximum Gasteiger partial charge on any atom is 0.509 e. The summed E-state index contributed by atoms with van der Waals surface area (Å²) in [7, 11) is 0. The zero-order valence-corrected chi connectivity index (χ0v) is 39.3. The minimum atomic E-state index is -2.24. The Bertz CT molecular complexity index is 1860. The first kappa shape index (κ1) is 50.9. The summed E-state index contributed by atoms with van der Waals surface area (Å²) in [6, 6.07) is 0. The number of esters is 2. The second-order valence-corrected chi connectivity index (χ2v) is 19.3. The van der Waals surface area contributed by atoms with Gasteiger partial charge in [0.25, 0.3) is 0 Å². The molecule has 12 nitrogen and oxygen atoms in total. The van der Waals surface area contributed by atoms with E-state index in [0.29, 0.717) is 18.4 Å². The third kappa shape index (κ3) is 10.3. The van der Waals surface area contributed by atoms with Gasteiger partial charge in [0.2, 0.25) is 6.10 Å². The summed E-state index contributed by atoms with van der Waals surface area (Å²) in [4.78, 5) is 54.9. The number of ether oxygens (including phenoxy) is 5. The fraction of sp³-hybridized carbons (Fsp3) is 0.654. The number of aliphatic hydroxyl groups excluding tert-OH is 1. The summed E-state index contributed by atoms with van der Waals surface area (Å²) in [5, 5.41) is 35.8. The third-order valence-corrected chi connectivity index (χ3v) is 14.8. The minimum Gasteiger partial charge on any atom is -0.459 e. The SMILES string of the molecule is CCC=CCC=CCC=CCC=CCC=CCC=CCCCOC(=O)O[C@@H]1C(=O)C=C(C)[C@@H]2C[C@H]3OC(=O)C(OC(=O)CC(O)(C(C)C)C(C)C)C4[C@@H](C)[C@@H](O)[C@@]5(O)OC[C@@]43C5[C@@]12C. The monoisotopic (exact) mass is 891 g/mol. The first-order valence-electron chi connectivity index (χ1n) is 23.5. The molecule has 2 heterocycles. The van der Waals surface area contributed by atoms with E-state index in [0.717, 1.165) is 38.5 Å². The molecule has 0 aromatic rings. The smallest absolute Gasteiger partial charge is 0.459 e. The minimum absolute atomic E-state index is 0.0489. The number of unbranched alkanes of at least 4 members (excludes halogenated alkanes) is 1. The topological polar surface area (TPSA) is 175 Å². The Labute approximate surface area is 380 Å². The molecule has 3 aliphatic carbocycles. The highest BCUT2D eigenvalue weighted by molar-refractivity contribution is 5.97. The summed E-state index contributed by atoms with van der Waals surface area (Å²) in [5.74, 6) is -8.39. The summed E-state index contributed by atoms with van der Waals surface area (Å²) in [6.45, 7) is 14.4. The lowest BCUT2D eigenvalue weighted by molar-refractivity contribution is -0.340. The van der Waals surface area contributed by atoms with Crippen LogP contribution in [0.4, 0.5) is 4.79 Å². The van der Waals surface area contributed by atoms with E-state index < -0.39 is 94.2 Å². The van der Waals surface area contributed by atoms with Crippen molar-refractivity contribution in [3.63, 3.8) is 0 Å². The second kappa shape index (κ2) is 21.9. The molecule has 0 amide bonds. The zero-order valence-electron chi connectivity index (χ0n) is 39.3. The van der Waals surface area contributed by atoms with Crippen LogP contribution in [0.15, 0.2) is 84.6 Å². The Balaban J connectivity index is 1.19. The Morgan fingerprint density at radius 1 is 0.891 bits per heavy atom. The van der Waals surface area contributed by atoms with Crippen LogP contribution >= 0.6 is 0 Å². The summed E-state index contributed by atoms with van der Waals surface area (Å²) in [5.41, 5.74) is -3.41. The van der Waals surface area contributed by atoms with E-state index in [4.69, 9.17) is 23.7 Å². The number of carbonyl (C=O) groups excluding carboxylic acids is 4. The van der Waals surface area contributed by atoms with Crippen LogP contribution in [0.5, 0.6) is 0 Å². The van der Waals surface area contributed by atoms with Crippen molar-refractivity contribution >= 4 is 23.9 Å². The van der Waals surface area contributed by atoms with Gasteiger partial charge in [0.05, 0.1) is 25.2 Å². The number of aliphatic hydroxyl groups is 3. The molecule has 64 heavy (non-hydrogen) atoms. The molecule has 5 rings (SSSR count). The molecule has 5 aliphatic rings. The van der Waals surface area contributed by atoms with E-state index in [2.05, 4.69) is 73.8 Å². The van der Waals surface area contributed by atoms with Gasteiger partial charge in [-0.05, 0) is 94.5 Å². The molecule has 4 fully saturated rings. The first-order valence-corrected chi connectivity index (χ1v) is 23.5. The number of hydrogen-bond acceptors (Lipinski definition) is 12. The van der Waals surface area contributed by atoms with E-state index in [1.807, 2.05) is 6.08 Å². The van der Waals surface area contributed by atoms with Crippen molar-refractivity contribution in [2.75, 3.05) is 13.2 Å². The fourth-order valence-electron chi connectivity index (χ4n) is 11.5. The number of fused-ring (bicyclic) bond motifs is 1. The van der Waals surface area contributed by atoms with Crippen molar-refractivity contribution in [3.05, 3.63) is 84.6 Å². The van der Waals surface area contributed by atoms with Gasteiger partial charge >= 0.3 is 18.1 Å². The molecular formula is C52H74O12. The van der Waals surface area contributed by atoms with Crippen LogP contribution < -0.4 is 0 Å². The van der Waals surface area contributed by atoms with Crippen LogP contribution in [0, 0.1) is 46.3 Å². The Hall–Kier alpha value is -4.10. The lowest BCUT2D eigenvalue weighted by Crippen LogP contribution is -2.78. The van der Waals surface area contributed by atoms with Crippen molar-refractivity contribution in [1.29, 1.82) is 0 Å². The highest BCUT2D eigenvalue weighted by Gasteiger charge is 2.84. The van der Waals surface area contributed by atoms with Gasteiger partial charge < -0.3 is 39.0 Å². The zero-order chi connectivity index (χ0) is 46.9. The molecule has 11 atom stereocenters. The Kier molecular flexibility index (Phi) is 17.4. The van der Waals surface area contributed by atoms with Gasteiger partial charge in [-0.1, -0.05) is 127 Å². The Morgan fingerprint density at radius 3 is 1.98 bits per heavy atom. The van der Waals surface area contributed by atoms with Crippen LogP contribution in [0.2, 0.25) is 0 Å². The third-order valence-electron chi connectivity index (χ3n) is 14.8. The van der Waals surface area contributed by atoms with E-state index >= 15 is 0 Å². The molecule has 3 unspecified atom stereocenters. The van der Waals surface area contributed by atoms with Crippen LogP contribution in [0.25, 0.3) is 0 Å². The lowest BCUT2D eigenvalue weighted by Gasteiger charge is -2.68. The van der Waals surface area contributed by atoms with E-state index in [9.17, 15) is 34.5 Å². The van der Waals surface area contributed by atoms with E-state index in [1.54, 1.807) is 48.5 Å². The van der Waals surface area contributed by atoms with Gasteiger partial charge in [-0.2, -0.15) is 0 Å². The number of ketones is 1. The average molecular weight is 891 g/mol. The van der Waals surface area contributed by atoms with Gasteiger partial charge in [-0.3, -0.25) is 9.59 Å². The van der Waals surface area contributed by atoms with Crippen molar-refractivity contribution in [2.24, 2.45) is 46.3 Å². The average Bonchev–Trinajstić information content (AvgIpc) is 3.53. The molecule has 2 saturated heterocycles. The number of rotatable bonds is 21. The molecule has 0 aromatic heterocycles. The molecule has 2 aliphatic heterocycles. The fourth-order valence-corrected chi connectivity index (χ4v) is 11.5. The highest BCUT2D eigenvalue weighted by Crippen LogP contribution is 2.74. The summed E-state index contributed by atoms with van der Waals surface area (Å²) < 4.78 is 29.7. The normalized spacial score (nSPS) is 33.9. The quantitative estimate of drug-likeness (QED) is 0.0433. The van der Waals surface area contributed by atoms with E-state index in [1.165, 1.54) is 6.08 Å². The molecule has 0 aromatic carbocycles. The van der Waals surface area contributed by atoms with Gasteiger partial charge in [0, 0.05) is 22.7 Å². The molecule has 354 valence electrons. The predicted octanol–water partition coefficient (Wildman–Crippen LogP) is 8.76. The predicted molar refractivity (Wildman–Crippen MR) is 243 cm³/mol. The molecule has 2 bridgehead atoms. The van der Waals surface area contributed by atoms with Gasteiger partial charge in [0.15, 0.2) is 17.7 Å². The van der Waals surface area contributed by atoms with Crippen LogP contribution in [-0.2, 0) is 38.1 Å². The lowest BCUT2D eigenvalue weighted by atomic mass is 9.38. The van der Waals surface area contributed by atoms with Crippen molar-refractivity contribution in [1.82, 2.24) is 0 Å². The van der Waals surface area contributed by atoms with Crippen LogP contribution in [0.3, 0.4) is 0 Å². The maximum atomic E-state index is 14.0. The molecular weight excluding hydrogens is 817 g/mol. The Morgan fingerprint density at radius 2 is 1.44 bits per heavy atom. The van der Waals surface area contributed by atoms with E-state index in [-0.39, 0.29) is 37.9 Å². The van der Waals surface area contributed by atoms with Gasteiger partial charge in [-0.25, -0.2) is 9.59 Å². The van der Waals surface area contributed by atoms with Crippen LogP contribution in [0.1, 0.15) is 120 Å². The number of hydrogen-bond donors (Lipinski definition) is 3. The van der Waals surface area contributed by atoms with Gasteiger partial charge in [-0.15, -0.1) is 0 Å². The number of allylic oxidation sites excluding steroid dienone is 13. The summed E-state index contributed by atoms with van der Waals surface area (Å²) >= 11 is 0. The highest BCUT2D eigenvalue weighted by atomic mass is 16.7. The second-order valence-electron chi connectivity index (χ2n) is 19.3. The summed E-state index contributed by atoms with van der Waals surface area (Å²) in [6.07, 6.45) is 27.2. The molecule has 2 saturated carbocycles.